The van der Waals surface area contributed by atoms with Crippen LogP contribution < -0.4 is 5.73 Å². The Balaban J connectivity index is 1.70. The van der Waals surface area contributed by atoms with Crippen LogP contribution in [0.25, 0.3) is 0 Å². The molecule has 3 aliphatic rings. The van der Waals surface area contributed by atoms with Gasteiger partial charge in [-0.15, -0.1) is 0 Å². The highest BCUT2D eigenvalue weighted by atomic mass is 32.2. The molecule has 1 amide bonds. The molecule has 172 valence electrons. The quantitative estimate of drug-likeness (QED) is 0.596. The van der Waals surface area contributed by atoms with Gasteiger partial charge in [0.15, 0.2) is 5.96 Å². The standard InChI is InChI=1S/C22H40N4O3S/c1-3-4-15-30(28,29)26-14-8-11-19(17-26)16-22(20(27)25(2)21(23)24-22)13-12-18-9-6-5-7-10-18/h18-19H,3-17H2,1-2H3,(H2,23,24)/t19?,22-/m1/s1. The third-order valence-corrected chi connectivity index (χ3v) is 9.25. The van der Waals surface area contributed by atoms with Gasteiger partial charge in [-0.05, 0) is 50.4 Å². The molecule has 7 nitrogen and oxygen atoms in total. The van der Waals surface area contributed by atoms with Crippen LogP contribution in [0, 0.1) is 11.8 Å². The molecule has 1 unspecified atom stereocenters. The van der Waals surface area contributed by atoms with Crippen LogP contribution in [0.15, 0.2) is 4.99 Å². The van der Waals surface area contributed by atoms with Crippen molar-refractivity contribution in [2.24, 2.45) is 22.6 Å². The molecule has 0 radical (unpaired) electrons. The summed E-state index contributed by atoms with van der Waals surface area (Å²) >= 11 is 0. The minimum Gasteiger partial charge on any atom is -0.369 e. The molecule has 2 atom stereocenters. The predicted molar refractivity (Wildman–Crippen MR) is 121 cm³/mol. The van der Waals surface area contributed by atoms with Crippen LogP contribution in [0.3, 0.4) is 0 Å². The van der Waals surface area contributed by atoms with Crippen molar-refractivity contribution in [2.75, 3.05) is 25.9 Å². The number of carbonyl (C=O) groups is 1. The van der Waals surface area contributed by atoms with E-state index < -0.39 is 15.6 Å². The van der Waals surface area contributed by atoms with Gasteiger partial charge in [-0.1, -0.05) is 45.4 Å². The van der Waals surface area contributed by atoms with Gasteiger partial charge in [0, 0.05) is 20.1 Å². The smallest absolute Gasteiger partial charge is 0.257 e. The Kier molecular flexibility index (Phi) is 7.82. The SMILES string of the molecule is CCCCS(=O)(=O)N1CCCC(C[C@@]2(CCC3CCCCC3)N=C(N)N(C)C2=O)C1. The summed E-state index contributed by atoms with van der Waals surface area (Å²) in [6.45, 7) is 3.11. The number of likely N-dealkylation sites (N-methyl/N-ethyl adjacent to an activating group) is 1. The average Bonchev–Trinajstić information content (AvgIpc) is 2.95. The van der Waals surface area contributed by atoms with E-state index in [0.717, 1.165) is 32.1 Å². The summed E-state index contributed by atoms with van der Waals surface area (Å²) in [4.78, 5) is 19.4. The van der Waals surface area contributed by atoms with Gasteiger partial charge in [-0.2, -0.15) is 0 Å². The fourth-order valence-electron chi connectivity index (χ4n) is 5.45. The molecule has 2 N–H and O–H groups in total. The number of amides is 1. The fourth-order valence-corrected chi connectivity index (χ4v) is 7.21. The average molecular weight is 441 g/mol. The number of rotatable bonds is 9. The first-order chi connectivity index (χ1) is 14.3. The second-order valence-electron chi connectivity index (χ2n) is 9.65. The molecule has 1 saturated carbocycles. The predicted octanol–water partition coefficient (Wildman–Crippen LogP) is 3.10. The van der Waals surface area contributed by atoms with Crippen LogP contribution in [0.5, 0.6) is 0 Å². The minimum atomic E-state index is -3.22. The van der Waals surface area contributed by atoms with E-state index in [4.69, 9.17) is 10.7 Å². The molecule has 3 rings (SSSR count). The molecule has 8 heteroatoms. The van der Waals surface area contributed by atoms with E-state index in [1.807, 2.05) is 6.92 Å². The summed E-state index contributed by atoms with van der Waals surface area (Å²) in [6.07, 6.45) is 12.0. The fraction of sp³-hybridized carbons (Fsp3) is 0.909. The summed E-state index contributed by atoms with van der Waals surface area (Å²) in [5.74, 6) is 1.32. The number of hydrogen-bond acceptors (Lipinski definition) is 5. The van der Waals surface area contributed by atoms with Gasteiger partial charge in [0.05, 0.1) is 5.75 Å². The Morgan fingerprint density at radius 2 is 1.83 bits per heavy atom. The van der Waals surface area contributed by atoms with Crippen molar-refractivity contribution in [3.8, 4) is 0 Å². The Morgan fingerprint density at radius 1 is 1.13 bits per heavy atom. The van der Waals surface area contributed by atoms with Gasteiger partial charge in [0.2, 0.25) is 10.0 Å². The Hall–Kier alpha value is -1.15. The molecular weight excluding hydrogens is 400 g/mol. The topological polar surface area (TPSA) is 96.1 Å². The van der Waals surface area contributed by atoms with E-state index >= 15 is 0 Å². The van der Waals surface area contributed by atoms with E-state index in [2.05, 4.69) is 0 Å². The maximum atomic E-state index is 13.2. The minimum absolute atomic E-state index is 0.0122. The molecule has 2 heterocycles. The second-order valence-corrected chi connectivity index (χ2v) is 11.7. The lowest BCUT2D eigenvalue weighted by Crippen LogP contribution is -2.47. The van der Waals surface area contributed by atoms with Gasteiger partial charge >= 0.3 is 0 Å². The van der Waals surface area contributed by atoms with Crippen LogP contribution in [0.2, 0.25) is 0 Å². The first kappa shape index (κ1) is 23.5. The molecule has 0 spiro atoms. The largest absolute Gasteiger partial charge is 0.369 e. The summed E-state index contributed by atoms with van der Waals surface area (Å²) in [5, 5.41) is 0. The van der Waals surface area contributed by atoms with Crippen molar-refractivity contribution in [1.82, 2.24) is 9.21 Å². The summed E-state index contributed by atoms with van der Waals surface area (Å²) in [6, 6.07) is 0. The Bertz CT molecular complexity index is 733. The monoisotopic (exact) mass is 440 g/mol. The highest BCUT2D eigenvalue weighted by Gasteiger charge is 2.48. The third kappa shape index (κ3) is 5.36. The lowest BCUT2D eigenvalue weighted by molar-refractivity contribution is -0.131. The van der Waals surface area contributed by atoms with E-state index in [0.29, 0.717) is 37.8 Å². The van der Waals surface area contributed by atoms with Crippen molar-refractivity contribution in [3.63, 3.8) is 0 Å². The van der Waals surface area contributed by atoms with Crippen LogP contribution in [-0.2, 0) is 14.8 Å². The number of hydrogen-bond donors (Lipinski definition) is 1. The zero-order chi connectivity index (χ0) is 21.8. The normalized spacial score (nSPS) is 29.4. The summed E-state index contributed by atoms with van der Waals surface area (Å²) in [5.41, 5.74) is 5.25. The van der Waals surface area contributed by atoms with Crippen LogP contribution in [0.4, 0.5) is 0 Å². The maximum Gasteiger partial charge on any atom is 0.257 e. The number of piperidine rings is 1. The molecule has 2 fully saturated rings. The molecule has 1 aliphatic carbocycles. The van der Waals surface area contributed by atoms with Gasteiger partial charge < -0.3 is 5.73 Å². The number of sulfonamides is 1. The van der Waals surface area contributed by atoms with Crippen molar-refractivity contribution >= 4 is 21.9 Å². The van der Waals surface area contributed by atoms with Crippen LogP contribution in [-0.4, -0.2) is 60.9 Å². The van der Waals surface area contributed by atoms with Gasteiger partial charge in [0.1, 0.15) is 5.54 Å². The first-order valence-electron chi connectivity index (χ1n) is 11.9. The summed E-state index contributed by atoms with van der Waals surface area (Å²) < 4.78 is 27.1. The van der Waals surface area contributed by atoms with E-state index in [1.165, 1.54) is 37.0 Å². The zero-order valence-electron chi connectivity index (χ0n) is 18.8. The van der Waals surface area contributed by atoms with Gasteiger partial charge in [0.25, 0.3) is 5.91 Å². The third-order valence-electron chi connectivity index (χ3n) is 7.32. The van der Waals surface area contributed by atoms with Crippen molar-refractivity contribution in [1.29, 1.82) is 0 Å². The van der Waals surface area contributed by atoms with Gasteiger partial charge in [-0.25, -0.2) is 17.7 Å². The Morgan fingerprint density at radius 3 is 2.47 bits per heavy atom. The molecule has 1 saturated heterocycles. The van der Waals surface area contributed by atoms with E-state index in [1.54, 1.807) is 11.4 Å². The number of nitrogens with zero attached hydrogens (tertiary/aromatic N) is 3. The van der Waals surface area contributed by atoms with Crippen molar-refractivity contribution < 1.29 is 13.2 Å². The maximum absolute atomic E-state index is 13.2. The van der Waals surface area contributed by atoms with E-state index in [-0.39, 0.29) is 17.6 Å². The number of unbranched alkanes of at least 4 members (excludes halogenated alkanes) is 1. The molecule has 0 aromatic heterocycles. The highest BCUT2D eigenvalue weighted by Crippen LogP contribution is 2.39. The number of aliphatic imine (C=N–C) groups is 1. The van der Waals surface area contributed by atoms with Crippen molar-refractivity contribution in [2.45, 2.75) is 89.5 Å². The lowest BCUT2D eigenvalue weighted by atomic mass is 9.77. The molecular formula is C22H40N4O3S. The zero-order valence-corrected chi connectivity index (χ0v) is 19.6. The van der Waals surface area contributed by atoms with Crippen molar-refractivity contribution in [3.05, 3.63) is 0 Å². The number of nitrogens with two attached hydrogens (primary N) is 1. The van der Waals surface area contributed by atoms with Crippen LogP contribution >= 0.6 is 0 Å². The highest BCUT2D eigenvalue weighted by molar-refractivity contribution is 7.89. The summed E-state index contributed by atoms with van der Waals surface area (Å²) in [7, 11) is -1.52. The molecule has 30 heavy (non-hydrogen) atoms. The lowest BCUT2D eigenvalue weighted by Gasteiger charge is -2.36. The molecule has 0 aromatic rings. The number of carbonyl (C=O) groups excluding carboxylic acids is 1. The first-order valence-corrected chi connectivity index (χ1v) is 13.5. The van der Waals surface area contributed by atoms with Crippen LogP contribution in [0.1, 0.15) is 84.0 Å². The number of guanidine groups is 1. The molecule has 0 bridgehead atoms. The molecule has 2 aliphatic heterocycles. The van der Waals surface area contributed by atoms with Gasteiger partial charge in [-0.3, -0.25) is 9.69 Å². The molecule has 0 aromatic carbocycles. The van der Waals surface area contributed by atoms with E-state index in [9.17, 15) is 13.2 Å². The second kappa shape index (κ2) is 9.98. The Labute approximate surface area is 182 Å².